The topological polar surface area (TPSA) is 12.0 Å². The third-order valence-corrected chi connectivity index (χ3v) is 20.6. The van der Waals surface area contributed by atoms with Gasteiger partial charge in [0, 0.05) is 0 Å². The SMILES string of the molecule is C/C=C(\C)[Si](CCC)(NC(C)CC)[Si](C)(C)C. The van der Waals surface area contributed by atoms with E-state index in [0.29, 0.717) is 6.04 Å². The third-order valence-electron chi connectivity index (χ3n) is 4.12. The molecule has 3 heteroatoms. The van der Waals surface area contributed by atoms with E-state index in [1.807, 2.05) is 0 Å². The van der Waals surface area contributed by atoms with Crippen LogP contribution in [0.4, 0.5) is 0 Å². The Hall–Kier alpha value is 0.134. The van der Waals surface area contributed by atoms with Crippen molar-refractivity contribution in [3.8, 4) is 0 Å². The summed E-state index contributed by atoms with van der Waals surface area (Å²) in [5.41, 5.74) is 0. The number of rotatable bonds is 7. The zero-order chi connectivity index (χ0) is 13.7. The molecule has 102 valence electrons. The second kappa shape index (κ2) is 6.90. The highest BCUT2D eigenvalue weighted by molar-refractivity contribution is 7.42. The van der Waals surface area contributed by atoms with Gasteiger partial charge in [-0.1, -0.05) is 58.1 Å². The number of allylic oxidation sites excluding steroid dienone is 2. The van der Waals surface area contributed by atoms with Crippen molar-refractivity contribution in [3.05, 3.63) is 11.3 Å². The Balaban J connectivity index is 5.41. The molecule has 0 aliphatic heterocycles. The van der Waals surface area contributed by atoms with Crippen LogP contribution in [0.5, 0.6) is 0 Å². The first-order valence-corrected chi connectivity index (χ1v) is 13.9. The van der Waals surface area contributed by atoms with Gasteiger partial charge in [0.25, 0.3) is 0 Å². The van der Waals surface area contributed by atoms with E-state index in [1.54, 1.807) is 5.20 Å². The molecule has 0 aromatic heterocycles. The Morgan fingerprint density at radius 2 is 1.76 bits per heavy atom. The highest BCUT2D eigenvalue weighted by Crippen LogP contribution is 2.30. The lowest BCUT2D eigenvalue weighted by atomic mass is 10.3. The van der Waals surface area contributed by atoms with Crippen LogP contribution in [0, 0.1) is 0 Å². The normalized spacial score (nSPS) is 18.9. The lowest BCUT2D eigenvalue weighted by molar-refractivity contribution is 0.642. The van der Waals surface area contributed by atoms with Crippen LogP contribution in [0.25, 0.3) is 0 Å². The standard InChI is InChI=1S/C14H33NSi2/c1-9-12-17(14(5)11-3,16(6,7)8)15-13(4)10-2/h11,13,15H,9-10,12H2,1-8H3/b14-11+. The molecule has 0 fully saturated rings. The average molecular weight is 272 g/mol. The second-order valence-electron chi connectivity index (χ2n) is 6.33. The average Bonchev–Trinajstić information content (AvgIpc) is 2.25. The number of hydrogen-bond donors (Lipinski definition) is 1. The maximum absolute atomic E-state index is 4.10. The maximum Gasteiger partial charge on any atom is 0.141 e. The summed E-state index contributed by atoms with van der Waals surface area (Å²) in [5.74, 6) is 0. The molecule has 0 aliphatic rings. The predicted molar refractivity (Wildman–Crippen MR) is 86.5 cm³/mol. The van der Waals surface area contributed by atoms with E-state index < -0.39 is 15.3 Å². The van der Waals surface area contributed by atoms with Gasteiger partial charge < -0.3 is 4.98 Å². The van der Waals surface area contributed by atoms with Gasteiger partial charge in [-0.2, -0.15) is 0 Å². The van der Waals surface area contributed by atoms with E-state index in [9.17, 15) is 0 Å². The molecule has 0 radical (unpaired) electrons. The Kier molecular flexibility index (Phi) is 6.96. The monoisotopic (exact) mass is 271 g/mol. The van der Waals surface area contributed by atoms with Crippen LogP contribution < -0.4 is 4.98 Å². The molecule has 1 N–H and O–H groups in total. The maximum atomic E-state index is 4.10. The second-order valence-corrected chi connectivity index (χ2v) is 21.3. The molecule has 0 saturated heterocycles. The summed E-state index contributed by atoms with van der Waals surface area (Å²) in [6.45, 7) is 19.2. The minimum Gasteiger partial charge on any atom is -0.333 e. The predicted octanol–water partition coefficient (Wildman–Crippen LogP) is 4.65. The van der Waals surface area contributed by atoms with E-state index in [0.717, 1.165) is 0 Å². The van der Waals surface area contributed by atoms with E-state index >= 15 is 0 Å². The van der Waals surface area contributed by atoms with Gasteiger partial charge in [0.15, 0.2) is 0 Å². The van der Waals surface area contributed by atoms with Crippen molar-refractivity contribution in [2.75, 3.05) is 0 Å². The Bertz CT molecular complexity index is 255. The van der Waals surface area contributed by atoms with E-state index in [4.69, 9.17) is 0 Å². The van der Waals surface area contributed by atoms with Gasteiger partial charge in [-0.25, -0.2) is 0 Å². The van der Waals surface area contributed by atoms with Crippen LogP contribution >= 0.6 is 0 Å². The van der Waals surface area contributed by atoms with Crippen LogP contribution in [0.1, 0.15) is 47.5 Å². The molecule has 0 saturated carbocycles. The third kappa shape index (κ3) is 4.07. The highest BCUT2D eigenvalue weighted by atomic mass is 29.3. The van der Waals surface area contributed by atoms with Crippen molar-refractivity contribution in [3.63, 3.8) is 0 Å². The van der Waals surface area contributed by atoms with Crippen LogP contribution in [0.15, 0.2) is 11.3 Å². The van der Waals surface area contributed by atoms with Gasteiger partial charge >= 0.3 is 0 Å². The first-order chi connectivity index (χ1) is 7.75. The fourth-order valence-corrected chi connectivity index (χ4v) is 17.2. The van der Waals surface area contributed by atoms with Crippen molar-refractivity contribution < 1.29 is 0 Å². The van der Waals surface area contributed by atoms with Crippen LogP contribution in [-0.2, 0) is 0 Å². The Morgan fingerprint density at radius 1 is 1.24 bits per heavy atom. The van der Waals surface area contributed by atoms with E-state index in [-0.39, 0.29) is 0 Å². The molecular formula is C14H33NSi2. The molecule has 1 nitrogen and oxygen atoms in total. The quantitative estimate of drug-likeness (QED) is 0.665. The smallest absolute Gasteiger partial charge is 0.141 e. The molecule has 0 aromatic carbocycles. The van der Waals surface area contributed by atoms with Crippen molar-refractivity contribution in [1.29, 1.82) is 0 Å². The molecule has 0 aliphatic carbocycles. The van der Waals surface area contributed by atoms with E-state index in [1.165, 1.54) is 18.9 Å². The number of hydrogen-bond acceptors (Lipinski definition) is 1. The molecule has 0 amide bonds. The van der Waals surface area contributed by atoms with Gasteiger partial charge in [0.05, 0.1) is 7.59 Å². The van der Waals surface area contributed by atoms with Gasteiger partial charge in [-0.3, -0.25) is 0 Å². The van der Waals surface area contributed by atoms with Crippen LogP contribution in [0.3, 0.4) is 0 Å². The van der Waals surface area contributed by atoms with E-state index in [2.05, 4.69) is 65.3 Å². The first-order valence-electron chi connectivity index (χ1n) is 7.16. The lowest BCUT2D eigenvalue weighted by Gasteiger charge is -2.45. The fraction of sp³-hybridized carbons (Fsp3) is 0.857. The van der Waals surface area contributed by atoms with Crippen molar-refractivity contribution >= 4 is 15.3 Å². The molecule has 0 spiro atoms. The Morgan fingerprint density at radius 3 is 2.06 bits per heavy atom. The molecule has 17 heavy (non-hydrogen) atoms. The zero-order valence-electron chi connectivity index (χ0n) is 13.3. The van der Waals surface area contributed by atoms with Crippen molar-refractivity contribution in [2.45, 2.75) is 79.2 Å². The molecule has 2 unspecified atom stereocenters. The summed E-state index contributed by atoms with van der Waals surface area (Å²) in [7, 11) is -2.60. The summed E-state index contributed by atoms with van der Waals surface area (Å²) in [6, 6.07) is 2.07. The van der Waals surface area contributed by atoms with Gasteiger partial charge in [0.2, 0.25) is 0 Å². The lowest BCUT2D eigenvalue weighted by Crippen LogP contribution is -2.70. The van der Waals surface area contributed by atoms with Crippen molar-refractivity contribution in [1.82, 2.24) is 4.98 Å². The van der Waals surface area contributed by atoms with Crippen LogP contribution in [-0.4, -0.2) is 21.4 Å². The van der Waals surface area contributed by atoms with Crippen LogP contribution in [0.2, 0.25) is 25.7 Å². The molecule has 0 heterocycles. The highest BCUT2D eigenvalue weighted by Gasteiger charge is 2.46. The minimum atomic E-state index is -1.43. The molecule has 0 bridgehead atoms. The summed E-state index contributed by atoms with van der Waals surface area (Å²) in [6.07, 6.45) is 4.92. The fourth-order valence-electron chi connectivity index (χ4n) is 2.71. The Labute approximate surface area is 111 Å². The zero-order valence-corrected chi connectivity index (χ0v) is 15.3. The summed E-state index contributed by atoms with van der Waals surface area (Å²) in [5, 5.41) is 1.68. The summed E-state index contributed by atoms with van der Waals surface area (Å²) in [4.78, 5) is 4.10. The van der Waals surface area contributed by atoms with Gasteiger partial charge in [-0.15, -0.1) is 0 Å². The first kappa shape index (κ1) is 17.1. The molecule has 0 rings (SSSR count). The molecule has 0 aromatic rings. The largest absolute Gasteiger partial charge is 0.333 e. The van der Waals surface area contributed by atoms with Gasteiger partial charge in [0.1, 0.15) is 7.75 Å². The molecule has 2 atom stereocenters. The van der Waals surface area contributed by atoms with Crippen molar-refractivity contribution in [2.24, 2.45) is 0 Å². The summed E-state index contributed by atoms with van der Waals surface area (Å²) >= 11 is 0. The van der Waals surface area contributed by atoms with Gasteiger partial charge in [-0.05, 0) is 32.4 Å². The minimum absolute atomic E-state index is 0.662. The molecular weight excluding hydrogens is 238 g/mol. The number of nitrogens with one attached hydrogen (secondary N) is 1. The summed E-state index contributed by atoms with van der Waals surface area (Å²) < 4.78 is 0.